The van der Waals surface area contributed by atoms with E-state index >= 15 is 8.78 Å². The lowest BCUT2D eigenvalue weighted by Crippen LogP contribution is -2.77. The molecule has 0 spiro atoms. The van der Waals surface area contributed by atoms with E-state index in [4.69, 9.17) is 9.47 Å². The molecule has 6 N–H and O–H groups in total. The van der Waals surface area contributed by atoms with Crippen molar-refractivity contribution in [2.75, 3.05) is 44.9 Å². The Kier molecular flexibility index (Phi) is 15.1. The number of hydrogen-bond donors (Lipinski definition) is 6. The Morgan fingerprint density at radius 1 is 0.798 bits per heavy atom. The van der Waals surface area contributed by atoms with E-state index in [0.29, 0.717) is 40.8 Å². The van der Waals surface area contributed by atoms with E-state index in [1.165, 1.54) is 0 Å². The van der Waals surface area contributed by atoms with Gasteiger partial charge in [-0.2, -0.15) is 40.2 Å². The van der Waals surface area contributed by atoms with Crippen LogP contribution in [0.4, 0.5) is 59.4 Å². The van der Waals surface area contributed by atoms with Crippen molar-refractivity contribution in [2.24, 2.45) is 21.7 Å². The Bertz CT molecular complexity index is 3190. The number of aromatic nitrogens is 4. The number of alkyl halides is 8. The summed E-state index contributed by atoms with van der Waals surface area (Å²) < 4.78 is 154. The Labute approximate surface area is 472 Å². The minimum Gasteiger partial charge on any atom is -0.465 e. The molecule has 6 saturated carbocycles. The van der Waals surface area contributed by atoms with Gasteiger partial charge in [-0.1, -0.05) is 24.0 Å². The normalized spacial score (nSPS) is 27.3. The molecular formula is C55H57F10N11O8. The molecule has 450 valence electrons. The lowest BCUT2D eigenvalue weighted by atomic mass is 9.32. The Morgan fingerprint density at radius 2 is 1.36 bits per heavy atom. The van der Waals surface area contributed by atoms with E-state index in [-0.39, 0.29) is 22.4 Å². The molecule has 6 aliphatic carbocycles. The zero-order valence-corrected chi connectivity index (χ0v) is 44.8. The molecule has 6 unspecified atom stereocenters. The standard InChI is InChI=1S/C55H57F10N11O8/c1-83-49(82)70-42(50-23-52(24-50,25-50)54(60,61)62)44(78)68-40(12-30-5-2-29(3-6-30)4-7-31-15-66-47(67-16-31)73-17-33-8-9-34(18-73)76(33)35-21-84-22-35)41(77)20-74(19-36-37(56)13-32(14-38(36)57)39-10-11-75(71-39)46(58)59)72-45(79)43(69-48(80)81)51-26-53(27-51,28-51)55(63,64)65/h2-3,5-6,10-11,13-16,33-35,40-43,46,69,77H,8-9,12,17-28H2,1H3,(H,68,78)(H,70,82)(H,72,79)(H,80,81). The van der Waals surface area contributed by atoms with Crippen molar-refractivity contribution in [1.82, 2.24) is 51.0 Å². The lowest BCUT2D eigenvalue weighted by Gasteiger charge is -2.72. The van der Waals surface area contributed by atoms with Crippen LogP contribution >= 0.6 is 0 Å². The van der Waals surface area contributed by atoms with Crippen molar-refractivity contribution in [1.29, 1.82) is 0 Å². The number of aliphatic hydroxyl groups excluding tert-OH is 1. The number of hydrogen-bond acceptors (Lipinski definition) is 13. The second-order valence-corrected chi connectivity index (χ2v) is 23.6. The van der Waals surface area contributed by atoms with Crippen molar-refractivity contribution in [3.63, 3.8) is 0 Å². The molecule has 9 aliphatic rings. The zero-order valence-electron chi connectivity index (χ0n) is 44.8. The summed E-state index contributed by atoms with van der Waals surface area (Å²) in [5.41, 5.74) is -4.91. The largest absolute Gasteiger partial charge is 0.465 e. The second-order valence-electron chi connectivity index (χ2n) is 23.6. The van der Waals surface area contributed by atoms with Crippen molar-refractivity contribution in [3.8, 4) is 23.1 Å². The monoisotopic (exact) mass is 1190 g/mol. The first-order valence-corrected chi connectivity index (χ1v) is 27.1. The number of fused-ring (bicyclic) bond motifs is 2. The average Bonchev–Trinajstić information content (AvgIpc) is 0.767. The van der Waals surface area contributed by atoms with E-state index in [1.54, 1.807) is 36.7 Å². The smallest absolute Gasteiger partial charge is 0.407 e. The molecule has 0 radical (unpaired) electrons. The predicted molar refractivity (Wildman–Crippen MR) is 273 cm³/mol. The van der Waals surface area contributed by atoms with Crippen LogP contribution in [0.25, 0.3) is 11.3 Å². The van der Waals surface area contributed by atoms with Gasteiger partial charge in [0.05, 0.1) is 60.6 Å². The first kappa shape index (κ1) is 58.5. The van der Waals surface area contributed by atoms with Gasteiger partial charge in [-0.25, -0.2) is 38.0 Å². The fourth-order valence-corrected chi connectivity index (χ4v) is 14.0. The van der Waals surface area contributed by atoms with Gasteiger partial charge in [0.2, 0.25) is 11.9 Å². The van der Waals surface area contributed by atoms with Gasteiger partial charge in [0.1, 0.15) is 23.7 Å². The van der Waals surface area contributed by atoms with Crippen LogP contribution in [0, 0.1) is 45.1 Å². The third-order valence-electron chi connectivity index (χ3n) is 18.1. The quantitative estimate of drug-likeness (QED) is 0.0349. The number of halogens is 10. The summed E-state index contributed by atoms with van der Waals surface area (Å²) in [6.07, 6.45) is -11.8. The fraction of sp³-hybridized carbons (Fsp3) is 0.545. The summed E-state index contributed by atoms with van der Waals surface area (Å²) in [4.78, 5) is 67.4. The highest BCUT2D eigenvalue weighted by Gasteiger charge is 2.82. The molecule has 4 aromatic rings. The average molecular weight is 1190 g/mol. The number of carbonyl (C=O) groups is 4. The molecule has 5 heterocycles. The molecule has 2 aromatic heterocycles. The number of methoxy groups -OCH3 is 1. The SMILES string of the molecule is COC(=O)NC(C(=O)NC(Cc1ccc(C#Cc2cnc(N3CC4CCC(C3)N4C3COC3)nc2)cc1)C(O)CN(Cc1c(F)cc(-c2ccn(C(F)F)n2)cc1F)NC(=O)C(NC(=O)O)C12CC(C(F)(F)F)(C1)C2)C12CC(C(F)(F)F)(C1)C2. The fourth-order valence-electron chi connectivity index (χ4n) is 14.0. The second kappa shape index (κ2) is 21.6. The summed E-state index contributed by atoms with van der Waals surface area (Å²) in [5.74, 6) is 1.61. The van der Waals surface area contributed by atoms with Crippen LogP contribution in [0.5, 0.6) is 0 Å². The van der Waals surface area contributed by atoms with Crippen molar-refractivity contribution in [3.05, 3.63) is 94.9 Å². The molecule has 6 bridgehead atoms. The molecule has 13 rings (SSSR count). The van der Waals surface area contributed by atoms with Crippen LogP contribution < -0.4 is 26.3 Å². The number of nitrogens with zero attached hydrogens (tertiary/aromatic N) is 7. The van der Waals surface area contributed by atoms with Crippen molar-refractivity contribution in [2.45, 2.75) is 126 Å². The molecular weight excluding hydrogens is 1130 g/mol. The van der Waals surface area contributed by atoms with Gasteiger partial charge in [0, 0.05) is 84.4 Å². The Balaban J connectivity index is 0.857. The number of anilines is 1. The molecule has 3 saturated heterocycles. The molecule has 6 atom stereocenters. The first-order chi connectivity index (χ1) is 39.7. The summed E-state index contributed by atoms with van der Waals surface area (Å²) in [6, 6.07) is 5.03. The molecule has 84 heavy (non-hydrogen) atoms. The van der Waals surface area contributed by atoms with Gasteiger partial charge in [-0.15, -0.1) is 0 Å². The van der Waals surface area contributed by atoms with E-state index in [2.05, 4.69) is 52.8 Å². The molecule has 2 aromatic carbocycles. The van der Waals surface area contributed by atoms with Crippen molar-refractivity contribution < 1.29 is 82.8 Å². The van der Waals surface area contributed by atoms with Crippen molar-refractivity contribution >= 4 is 29.9 Å². The highest BCUT2D eigenvalue weighted by molar-refractivity contribution is 5.88. The number of hydrazine groups is 1. The number of aliphatic hydroxyl groups is 1. The number of alkyl carbamates (subject to hydrolysis) is 1. The molecule has 19 nitrogen and oxygen atoms in total. The van der Waals surface area contributed by atoms with E-state index < -0.39 is 158 Å². The van der Waals surface area contributed by atoms with Gasteiger partial charge in [0.25, 0.3) is 5.91 Å². The summed E-state index contributed by atoms with van der Waals surface area (Å²) in [7, 11) is 0.966. The van der Waals surface area contributed by atoms with Crippen LogP contribution in [-0.2, 0) is 32.0 Å². The molecule has 29 heteroatoms. The van der Waals surface area contributed by atoms with E-state index in [0.717, 1.165) is 75.7 Å². The Hall–Kier alpha value is -7.29. The van der Waals surface area contributed by atoms with E-state index in [1.807, 2.05) is 5.32 Å². The number of nitrogens with one attached hydrogen (secondary N) is 4. The number of piperazine rings is 1. The van der Waals surface area contributed by atoms with E-state index in [9.17, 15) is 64.5 Å². The zero-order chi connectivity index (χ0) is 59.9. The van der Waals surface area contributed by atoms with Crippen LogP contribution in [0.1, 0.15) is 80.2 Å². The summed E-state index contributed by atoms with van der Waals surface area (Å²) in [6.45, 7) is -1.96. The molecule has 9 fully saturated rings. The number of carboxylic acid groups (broad SMARTS) is 1. The highest BCUT2D eigenvalue weighted by atomic mass is 19.4. The Morgan fingerprint density at radius 3 is 1.86 bits per heavy atom. The molecule has 4 amide bonds. The summed E-state index contributed by atoms with van der Waals surface area (Å²) in [5, 5.41) is 33.3. The number of ether oxygens (including phenoxy) is 2. The number of benzene rings is 2. The predicted octanol–water partition coefficient (Wildman–Crippen LogP) is 6.21. The minimum absolute atomic E-state index is 0.231. The number of amides is 4. The number of carbonyl (C=O) groups excluding carboxylic acids is 3. The van der Waals surface area contributed by atoms with Gasteiger partial charge >= 0.3 is 31.1 Å². The van der Waals surface area contributed by atoms with Crippen LogP contribution in [-0.4, -0.2) is 159 Å². The third-order valence-corrected chi connectivity index (χ3v) is 18.1. The van der Waals surface area contributed by atoms with Crippen LogP contribution in [0.3, 0.4) is 0 Å². The van der Waals surface area contributed by atoms with Crippen LogP contribution in [0.15, 0.2) is 61.1 Å². The number of rotatable bonds is 19. The van der Waals surface area contributed by atoms with Crippen LogP contribution in [0.2, 0.25) is 0 Å². The maximum Gasteiger partial charge on any atom is 0.407 e. The first-order valence-electron chi connectivity index (χ1n) is 27.1. The third kappa shape index (κ3) is 10.8. The topological polar surface area (TPSA) is 229 Å². The maximum absolute atomic E-state index is 16.2. The molecule has 3 aliphatic heterocycles. The maximum atomic E-state index is 16.2. The lowest BCUT2D eigenvalue weighted by molar-refractivity contribution is -0.366. The highest BCUT2D eigenvalue weighted by Crippen LogP contribution is 2.80. The van der Waals surface area contributed by atoms with Gasteiger partial charge in [-0.3, -0.25) is 19.9 Å². The van der Waals surface area contributed by atoms with Gasteiger partial charge in [-0.05, 0) is 93.7 Å². The van der Waals surface area contributed by atoms with Gasteiger partial charge in [0.15, 0.2) is 0 Å². The minimum atomic E-state index is -4.69. The van der Waals surface area contributed by atoms with Gasteiger partial charge < -0.3 is 40.5 Å². The summed E-state index contributed by atoms with van der Waals surface area (Å²) >= 11 is 0.